The third kappa shape index (κ3) is 6.69. The van der Waals surface area contributed by atoms with E-state index >= 15 is 0 Å². The highest BCUT2D eigenvalue weighted by molar-refractivity contribution is 6.30. The Labute approximate surface area is 188 Å². The fraction of sp³-hybridized carbons (Fsp3) is 0.231. The van der Waals surface area contributed by atoms with Crippen molar-refractivity contribution in [1.82, 2.24) is 10.2 Å². The van der Waals surface area contributed by atoms with Crippen LogP contribution >= 0.6 is 11.6 Å². The zero-order chi connectivity index (χ0) is 22.1. The van der Waals surface area contributed by atoms with Crippen LogP contribution in [0.4, 0.5) is 0 Å². The van der Waals surface area contributed by atoms with Crippen LogP contribution in [0.2, 0.25) is 5.02 Å². The van der Waals surface area contributed by atoms with Crippen LogP contribution in [0.15, 0.2) is 84.9 Å². The van der Waals surface area contributed by atoms with Crippen molar-refractivity contribution < 1.29 is 9.59 Å². The summed E-state index contributed by atoms with van der Waals surface area (Å²) in [6, 6.07) is 26.5. The summed E-state index contributed by atoms with van der Waals surface area (Å²) in [5.41, 5.74) is 2.99. The third-order valence-electron chi connectivity index (χ3n) is 5.23. The lowest BCUT2D eigenvalue weighted by Gasteiger charge is -2.31. The molecule has 0 aliphatic heterocycles. The van der Waals surface area contributed by atoms with E-state index in [0.717, 1.165) is 16.7 Å². The molecule has 3 aromatic rings. The smallest absolute Gasteiger partial charge is 0.242 e. The van der Waals surface area contributed by atoms with Crippen molar-refractivity contribution in [2.45, 2.75) is 31.8 Å². The molecule has 0 radical (unpaired) electrons. The molecule has 5 heteroatoms. The molecule has 1 unspecified atom stereocenters. The molecule has 0 saturated carbocycles. The summed E-state index contributed by atoms with van der Waals surface area (Å²) in [6.07, 6.45) is 1.39. The molecule has 160 valence electrons. The second-order valence-corrected chi connectivity index (χ2v) is 7.89. The maximum Gasteiger partial charge on any atom is 0.242 e. The lowest BCUT2D eigenvalue weighted by molar-refractivity contribution is -0.141. The van der Waals surface area contributed by atoms with E-state index in [1.54, 1.807) is 18.0 Å². The van der Waals surface area contributed by atoms with Gasteiger partial charge in [-0.1, -0.05) is 84.4 Å². The molecule has 0 spiro atoms. The number of likely N-dealkylation sites (N-methyl/N-ethyl adjacent to an activating group) is 1. The first-order chi connectivity index (χ1) is 15.1. The number of benzene rings is 3. The van der Waals surface area contributed by atoms with Crippen LogP contribution in [0.25, 0.3) is 0 Å². The van der Waals surface area contributed by atoms with Crippen molar-refractivity contribution in [2.75, 3.05) is 7.05 Å². The molecule has 0 aliphatic carbocycles. The molecule has 2 amide bonds. The minimum atomic E-state index is -0.616. The Balaban J connectivity index is 1.87. The first-order valence-electron chi connectivity index (χ1n) is 10.4. The third-order valence-corrected chi connectivity index (χ3v) is 5.46. The number of aryl methyl sites for hydroxylation is 1. The van der Waals surface area contributed by atoms with Crippen molar-refractivity contribution in [3.63, 3.8) is 0 Å². The Bertz CT molecular complexity index is 993. The highest BCUT2D eigenvalue weighted by Gasteiger charge is 2.29. The molecule has 0 aliphatic rings. The van der Waals surface area contributed by atoms with Gasteiger partial charge in [0.05, 0.1) is 0 Å². The van der Waals surface area contributed by atoms with Gasteiger partial charge in [0.2, 0.25) is 11.8 Å². The number of carbonyl (C=O) groups excluding carboxylic acids is 2. The van der Waals surface area contributed by atoms with Crippen LogP contribution in [0.5, 0.6) is 0 Å². The number of nitrogens with one attached hydrogen (secondary N) is 1. The van der Waals surface area contributed by atoms with E-state index in [4.69, 9.17) is 11.6 Å². The average molecular weight is 435 g/mol. The number of amides is 2. The minimum absolute atomic E-state index is 0.0617. The Morgan fingerprint density at radius 3 is 2.10 bits per heavy atom. The van der Waals surface area contributed by atoms with Crippen molar-refractivity contribution in [3.8, 4) is 0 Å². The standard InChI is InChI=1S/C26H27ClN2O2/c1-28-26(31)24(18-21-11-6-3-7-12-21)29(19-22-13-8-14-23(27)17-22)25(30)16-15-20-9-4-2-5-10-20/h2-14,17,24H,15-16,18-19H2,1H3,(H,28,31). The quantitative estimate of drug-likeness (QED) is 0.532. The van der Waals surface area contributed by atoms with Gasteiger partial charge in [0.15, 0.2) is 0 Å². The van der Waals surface area contributed by atoms with E-state index in [0.29, 0.717) is 30.8 Å². The second kappa shape index (κ2) is 11.3. The number of halogens is 1. The van der Waals surface area contributed by atoms with Gasteiger partial charge < -0.3 is 10.2 Å². The summed E-state index contributed by atoms with van der Waals surface area (Å²) in [7, 11) is 1.60. The van der Waals surface area contributed by atoms with E-state index in [1.807, 2.05) is 78.9 Å². The van der Waals surface area contributed by atoms with Crippen LogP contribution in [-0.4, -0.2) is 29.8 Å². The van der Waals surface area contributed by atoms with Gasteiger partial charge >= 0.3 is 0 Å². The van der Waals surface area contributed by atoms with Gasteiger partial charge in [-0.25, -0.2) is 0 Å². The number of carbonyl (C=O) groups is 2. The fourth-order valence-electron chi connectivity index (χ4n) is 3.59. The SMILES string of the molecule is CNC(=O)C(Cc1ccccc1)N(Cc1cccc(Cl)c1)C(=O)CCc1ccccc1. The Hall–Kier alpha value is -3.11. The predicted molar refractivity (Wildman–Crippen MR) is 125 cm³/mol. The maximum absolute atomic E-state index is 13.4. The van der Waals surface area contributed by atoms with Gasteiger partial charge in [0, 0.05) is 31.5 Å². The van der Waals surface area contributed by atoms with Crippen LogP contribution in [0.3, 0.4) is 0 Å². The summed E-state index contributed by atoms with van der Waals surface area (Å²) in [5.74, 6) is -0.243. The number of hydrogen-bond acceptors (Lipinski definition) is 2. The van der Waals surface area contributed by atoms with E-state index in [2.05, 4.69) is 5.32 Å². The lowest BCUT2D eigenvalue weighted by Crippen LogP contribution is -2.49. The molecular weight excluding hydrogens is 408 g/mol. The van der Waals surface area contributed by atoms with Gasteiger partial charge in [-0.05, 0) is 35.2 Å². The molecule has 3 aromatic carbocycles. The van der Waals surface area contributed by atoms with Gasteiger partial charge in [0.25, 0.3) is 0 Å². The molecule has 4 nitrogen and oxygen atoms in total. The van der Waals surface area contributed by atoms with Crippen LogP contribution in [-0.2, 0) is 29.0 Å². The summed E-state index contributed by atoms with van der Waals surface area (Å²) < 4.78 is 0. The van der Waals surface area contributed by atoms with Crippen LogP contribution in [0.1, 0.15) is 23.1 Å². The van der Waals surface area contributed by atoms with Gasteiger partial charge in [-0.3, -0.25) is 9.59 Å². The molecule has 3 rings (SSSR count). The van der Waals surface area contributed by atoms with Crippen molar-refractivity contribution in [1.29, 1.82) is 0 Å². The normalized spacial score (nSPS) is 11.5. The van der Waals surface area contributed by atoms with E-state index in [-0.39, 0.29) is 11.8 Å². The Kier molecular flexibility index (Phi) is 8.25. The summed E-state index contributed by atoms with van der Waals surface area (Å²) in [6.45, 7) is 0.319. The van der Waals surface area contributed by atoms with Gasteiger partial charge in [-0.15, -0.1) is 0 Å². The summed E-state index contributed by atoms with van der Waals surface area (Å²) in [4.78, 5) is 27.9. The van der Waals surface area contributed by atoms with E-state index in [1.165, 1.54) is 0 Å². The molecular formula is C26H27ClN2O2. The Morgan fingerprint density at radius 1 is 0.871 bits per heavy atom. The topological polar surface area (TPSA) is 49.4 Å². The maximum atomic E-state index is 13.4. The fourth-order valence-corrected chi connectivity index (χ4v) is 3.81. The molecule has 0 bridgehead atoms. The summed E-state index contributed by atoms with van der Waals surface area (Å²) >= 11 is 6.17. The molecule has 1 N–H and O–H groups in total. The van der Waals surface area contributed by atoms with Crippen molar-refractivity contribution in [2.24, 2.45) is 0 Å². The van der Waals surface area contributed by atoms with Crippen LogP contribution in [0, 0.1) is 0 Å². The van der Waals surface area contributed by atoms with E-state index < -0.39 is 6.04 Å². The van der Waals surface area contributed by atoms with Gasteiger partial charge in [-0.2, -0.15) is 0 Å². The molecule has 0 heterocycles. The lowest BCUT2D eigenvalue weighted by atomic mass is 10.0. The molecule has 1 atom stereocenters. The monoisotopic (exact) mass is 434 g/mol. The largest absolute Gasteiger partial charge is 0.357 e. The first kappa shape index (κ1) is 22.6. The number of rotatable bonds is 9. The first-order valence-corrected chi connectivity index (χ1v) is 10.8. The molecule has 0 saturated heterocycles. The highest BCUT2D eigenvalue weighted by Crippen LogP contribution is 2.19. The average Bonchev–Trinajstić information content (AvgIpc) is 2.80. The second-order valence-electron chi connectivity index (χ2n) is 7.46. The summed E-state index contributed by atoms with van der Waals surface area (Å²) in [5, 5.41) is 3.34. The van der Waals surface area contributed by atoms with E-state index in [9.17, 15) is 9.59 Å². The Morgan fingerprint density at radius 2 is 1.48 bits per heavy atom. The molecule has 0 aromatic heterocycles. The van der Waals surface area contributed by atoms with Crippen molar-refractivity contribution in [3.05, 3.63) is 107 Å². The van der Waals surface area contributed by atoms with Gasteiger partial charge in [0.1, 0.15) is 6.04 Å². The van der Waals surface area contributed by atoms with Crippen LogP contribution < -0.4 is 5.32 Å². The zero-order valence-electron chi connectivity index (χ0n) is 17.6. The van der Waals surface area contributed by atoms with Crippen molar-refractivity contribution >= 4 is 23.4 Å². The zero-order valence-corrected chi connectivity index (χ0v) is 18.4. The number of hydrogen-bond donors (Lipinski definition) is 1. The predicted octanol–water partition coefficient (Wildman–Crippen LogP) is 4.66. The highest BCUT2D eigenvalue weighted by atomic mass is 35.5. The molecule has 0 fully saturated rings. The minimum Gasteiger partial charge on any atom is -0.357 e. The number of nitrogens with zero attached hydrogens (tertiary/aromatic N) is 1. The molecule has 31 heavy (non-hydrogen) atoms.